The molecule has 0 aliphatic rings. The number of halogens is 1. The lowest BCUT2D eigenvalue weighted by molar-refractivity contribution is 0.251. The van der Waals surface area contributed by atoms with Gasteiger partial charge < -0.3 is 20.4 Å². The molecule has 2 aromatic carbocycles. The highest BCUT2D eigenvalue weighted by Gasteiger charge is 2.09. The van der Waals surface area contributed by atoms with E-state index in [1.807, 2.05) is 24.3 Å². The van der Waals surface area contributed by atoms with Gasteiger partial charge in [-0.1, -0.05) is 41.9 Å². The first-order valence-corrected chi connectivity index (χ1v) is 8.68. The van der Waals surface area contributed by atoms with E-state index in [0.717, 1.165) is 5.69 Å². The van der Waals surface area contributed by atoms with Gasteiger partial charge in [0.25, 0.3) is 0 Å². The van der Waals surface area contributed by atoms with E-state index in [2.05, 4.69) is 35.0 Å². The van der Waals surface area contributed by atoms with Crippen molar-refractivity contribution in [2.45, 2.75) is 19.5 Å². The number of anilines is 2. The van der Waals surface area contributed by atoms with Crippen LogP contribution in [-0.4, -0.2) is 6.03 Å². The van der Waals surface area contributed by atoms with E-state index < -0.39 is 0 Å². The normalized spacial score (nSPS) is 11.6. The van der Waals surface area contributed by atoms with Crippen LogP contribution < -0.4 is 16.0 Å². The number of carbonyl (C=O) groups excluding carboxylic acids is 1. The second-order valence-corrected chi connectivity index (χ2v) is 6.27. The largest absolute Gasteiger partial charge is 0.467 e. The zero-order valence-electron chi connectivity index (χ0n) is 14.3. The number of hydrogen-bond donors (Lipinski definition) is 3. The lowest BCUT2D eigenvalue weighted by Gasteiger charge is -2.17. The predicted molar refractivity (Wildman–Crippen MR) is 104 cm³/mol. The van der Waals surface area contributed by atoms with Crippen LogP contribution in [-0.2, 0) is 6.54 Å². The molecule has 0 unspecified atom stereocenters. The van der Waals surface area contributed by atoms with Gasteiger partial charge in [-0.25, -0.2) is 4.79 Å². The van der Waals surface area contributed by atoms with Gasteiger partial charge >= 0.3 is 6.03 Å². The van der Waals surface area contributed by atoms with Crippen molar-refractivity contribution < 1.29 is 9.21 Å². The van der Waals surface area contributed by atoms with E-state index in [9.17, 15) is 4.79 Å². The minimum Gasteiger partial charge on any atom is -0.467 e. The highest BCUT2D eigenvalue weighted by Crippen LogP contribution is 2.28. The fourth-order valence-electron chi connectivity index (χ4n) is 2.52. The van der Waals surface area contributed by atoms with Gasteiger partial charge in [0.2, 0.25) is 0 Å². The molecular weight excluding hydrogens is 350 g/mol. The standard InChI is InChI=1S/C20H20ClN3O2/c1-14(15-6-3-2-4-7-15)23-19-10-9-16(12-18(19)21)24-20(25)22-13-17-8-5-11-26-17/h2-12,14,23H,13H2,1H3,(H2,22,24,25)/t14-/m1/s1. The molecule has 1 aromatic heterocycles. The molecule has 26 heavy (non-hydrogen) atoms. The van der Waals surface area contributed by atoms with Crippen molar-refractivity contribution in [3.63, 3.8) is 0 Å². The fraction of sp³-hybridized carbons (Fsp3) is 0.150. The number of benzene rings is 2. The Balaban J connectivity index is 1.57. The Labute approximate surface area is 157 Å². The molecule has 3 rings (SSSR count). The summed E-state index contributed by atoms with van der Waals surface area (Å²) in [4.78, 5) is 11.9. The summed E-state index contributed by atoms with van der Waals surface area (Å²) in [5.74, 6) is 0.688. The molecule has 3 aromatic rings. The molecule has 5 nitrogen and oxygen atoms in total. The summed E-state index contributed by atoms with van der Waals surface area (Å²) in [5.41, 5.74) is 2.59. The molecule has 1 heterocycles. The highest BCUT2D eigenvalue weighted by molar-refractivity contribution is 6.33. The second kappa shape index (κ2) is 8.45. The van der Waals surface area contributed by atoms with Crippen LogP contribution in [0.25, 0.3) is 0 Å². The lowest BCUT2D eigenvalue weighted by Crippen LogP contribution is -2.28. The van der Waals surface area contributed by atoms with Crippen LogP contribution in [0.3, 0.4) is 0 Å². The molecule has 0 radical (unpaired) electrons. The average molecular weight is 370 g/mol. The third-order valence-electron chi connectivity index (χ3n) is 3.90. The average Bonchev–Trinajstić information content (AvgIpc) is 3.16. The molecular formula is C20H20ClN3O2. The maximum atomic E-state index is 11.9. The van der Waals surface area contributed by atoms with Crippen molar-refractivity contribution in [3.05, 3.63) is 83.3 Å². The van der Waals surface area contributed by atoms with Crippen LogP contribution in [0.4, 0.5) is 16.2 Å². The summed E-state index contributed by atoms with van der Waals surface area (Å²) in [6.07, 6.45) is 1.57. The zero-order valence-corrected chi connectivity index (χ0v) is 15.1. The maximum absolute atomic E-state index is 11.9. The van der Waals surface area contributed by atoms with E-state index in [1.165, 1.54) is 5.56 Å². The number of rotatable bonds is 6. The van der Waals surface area contributed by atoms with Crippen molar-refractivity contribution in [3.8, 4) is 0 Å². The Morgan fingerprint density at radius 2 is 1.92 bits per heavy atom. The van der Waals surface area contributed by atoms with Crippen molar-refractivity contribution in [1.82, 2.24) is 5.32 Å². The van der Waals surface area contributed by atoms with E-state index >= 15 is 0 Å². The van der Waals surface area contributed by atoms with Gasteiger partial charge in [-0.15, -0.1) is 0 Å². The maximum Gasteiger partial charge on any atom is 0.319 e. The Bertz CT molecular complexity index is 851. The molecule has 0 fully saturated rings. The van der Waals surface area contributed by atoms with Crippen molar-refractivity contribution in [2.75, 3.05) is 10.6 Å². The molecule has 0 spiro atoms. The molecule has 0 saturated heterocycles. The van der Waals surface area contributed by atoms with Gasteiger partial charge in [0.15, 0.2) is 0 Å². The topological polar surface area (TPSA) is 66.3 Å². The third kappa shape index (κ3) is 4.80. The minimum absolute atomic E-state index is 0.115. The molecule has 6 heteroatoms. The van der Waals surface area contributed by atoms with Gasteiger partial charge in [0, 0.05) is 11.7 Å². The fourth-order valence-corrected chi connectivity index (χ4v) is 2.76. The molecule has 0 bridgehead atoms. The molecule has 134 valence electrons. The summed E-state index contributed by atoms with van der Waals surface area (Å²) in [6, 6.07) is 18.8. The summed E-state index contributed by atoms with van der Waals surface area (Å²) >= 11 is 6.35. The van der Waals surface area contributed by atoms with E-state index in [0.29, 0.717) is 23.0 Å². The predicted octanol–water partition coefficient (Wildman–Crippen LogP) is 5.43. The van der Waals surface area contributed by atoms with Crippen LogP contribution in [0.1, 0.15) is 24.3 Å². The van der Waals surface area contributed by atoms with E-state index in [1.54, 1.807) is 30.5 Å². The van der Waals surface area contributed by atoms with Crippen LogP contribution >= 0.6 is 11.6 Å². The number of carbonyl (C=O) groups is 1. The quantitative estimate of drug-likeness (QED) is 0.543. The van der Waals surface area contributed by atoms with Gasteiger partial charge in [0.1, 0.15) is 5.76 Å². The zero-order chi connectivity index (χ0) is 18.4. The van der Waals surface area contributed by atoms with Crippen molar-refractivity contribution >= 4 is 29.0 Å². The molecule has 3 N–H and O–H groups in total. The molecule has 0 aliphatic heterocycles. The Kier molecular flexibility index (Phi) is 5.81. The van der Waals surface area contributed by atoms with Crippen LogP contribution in [0.15, 0.2) is 71.3 Å². The van der Waals surface area contributed by atoms with Crippen molar-refractivity contribution in [2.24, 2.45) is 0 Å². The summed E-state index contributed by atoms with van der Waals surface area (Å²) in [6.45, 7) is 2.39. The van der Waals surface area contributed by atoms with Crippen LogP contribution in [0, 0.1) is 0 Å². The van der Waals surface area contributed by atoms with Gasteiger partial charge in [0.05, 0.1) is 23.5 Å². The number of hydrogen-bond acceptors (Lipinski definition) is 3. The summed E-state index contributed by atoms with van der Waals surface area (Å²) in [7, 11) is 0. The number of nitrogens with one attached hydrogen (secondary N) is 3. The smallest absolute Gasteiger partial charge is 0.319 e. The first-order valence-electron chi connectivity index (χ1n) is 8.30. The van der Waals surface area contributed by atoms with Gasteiger partial charge in [-0.05, 0) is 42.8 Å². The van der Waals surface area contributed by atoms with Gasteiger partial charge in [-0.2, -0.15) is 0 Å². The number of urea groups is 1. The SMILES string of the molecule is C[C@@H](Nc1ccc(NC(=O)NCc2ccco2)cc1Cl)c1ccccc1. The van der Waals surface area contributed by atoms with Gasteiger partial charge in [-0.3, -0.25) is 0 Å². The second-order valence-electron chi connectivity index (χ2n) is 5.86. The van der Waals surface area contributed by atoms with Crippen LogP contribution in [0.2, 0.25) is 5.02 Å². The molecule has 2 amide bonds. The Morgan fingerprint density at radius 3 is 2.62 bits per heavy atom. The lowest BCUT2D eigenvalue weighted by atomic mass is 10.1. The Hall–Kier alpha value is -2.92. The van der Waals surface area contributed by atoms with E-state index in [-0.39, 0.29) is 12.1 Å². The van der Waals surface area contributed by atoms with Crippen molar-refractivity contribution in [1.29, 1.82) is 0 Å². The van der Waals surface area contributed by atoms with E-state index in [4.69, 9.17) is 16.0 Å². The Morgan fingerprint density at radius 1 is 1.12 bits per heavy atom. The third-order valence-corrected chi connectivity index (χ3v) is 4.21. The first-order chi connectivity index (χ1) is 12.6. The van der Waals surface area contributed by atoms with Crippen LogP contribution in [0.5, 0.6) is 0 Å². The first kappa shape index (κ1) is 17.9. The number of furan rings is 1. The molecule has 0 aliphatic carbocycles. The molecule has 1 atom stereocenters. The monoisotopic (exact) mass is 369 g/mol. The minimum atomic E-state index is -0.323. The number of amides is 2. The summed E-state index contributed by atoms with van der Waals surface area (Å²) < 4.78 is 5.17. The molecule has 0 saturated carbocycles. The highest BCUT2D eigenvalue weighted by atomic mass is 35.5. The summed E-state index contributed by atoms with van der Waals surface area (Å²) in [5, 5.41) is 9.39.